The van der Waals surface area contributed by atoms with Gasteiger partial charge in [0.15, 0.2) is 0 Å². The average molecular weight is 204 g/mol. The Morgan fingerprint density at radius 2 is 2.33 bits per heavy atom. The number of nitrogens with one attached hydrogen (secondary N) is 2. The highest BCUT2D eigenvalue weighted by Gasteiger charge is 2.17. The molecule has 2 rings (SSSR count). The smallest absolute Gasteiger partial charge is 0.228 e. The van der Waals surface area contributed by atoms with Gasteiger partial charge in [-0.05, 0) is 30.7 Å². The van der Waals surface area contributed by atoms with Crippen molar-refractivity contribution in [2.24, 2.45) is 0 Å². The van der Waals surface area contributed by atoms with Crippen LogP contribution in [0.3, 0.4) is 0 Å². The van der Waals surface area contributed by atoms with Crippen molar-refractivity contribution >= 4 is 23.1 Å². The van der Waals surface area contributed by atoms with Crippen LogP contribution in [-0.4, -0.2) is 18.2 Å². The molecule has 2 N–H and O–H groups in total. The lowest BCUT2D eigenvalue weighted by Gasteiger charge is -2.05. The highest BCUT2D eigenvalue weighted by molar-refractivity contribution is 5.99. The number of benzene rings is 1. The van der Waals surface area contributed by atoms with Gasteiger partial charge in [0.25, 0.3) is 0 Å². The van der Waals surface area contributed by atoms with Crippen molar-refractivity contribution in [1.29, 1.82) is 0 Å². The third kappa shape index (κ3) is 2.15. The third-order valence-electron chi connectivity index (χ3n) is 2.27. The molecule has 0 unspecified atom stereocenters. The molecule has 0 saturated heterocycles. The molecular weight excluding hydrogens is 192 g/mol. The summed E-state index contributed by atoms with van der Waals surface area (Å²) in [7, 11) is 0. The number of ketones is 1. The van der Waals surface area contributed by atoms with Crippen LogP contribution in [0.25, 0.3) is 0 Å². The van der Waals surface area contributed by atoms with Gasteiger partial charge in [0.05, 0.1) is 13.0 Å². The number of carbonyl (C=O) groups is 2. The van der Waals surface area contributed by atoms with Gasteiger partial charge in [-0.2, -0.15) is 0 Å². The highest BCUT2D eigenvalue weighted by atomic mass is 16.1. The summed E-state index contributed by atoms with van der Waals surface area (Å²) in [5.41, 5.74) is 2.72. The summed E-state index contributed by atoms with van der Waals surface area (Å²) in [6, 6.07) is 5.60. The van der Waals surface area contributed by atoms with Crippen molar-refractivity contribution in [2.75, 3.05) is 17.2 Å². The monoisotopic (exact) mass is 204 g/mol. The molecule has 1 aromatic carbocycles. The number of hydrogen-bond acceptors (Lipinski definition) is 3. The molecule has 0 saturated carbocycles. The lowest BCUT2D eigenvalue weighted by Crippen LogP contribution is -2.09. The van der Waals surface area contributed by atoms with E-state index in [2.05, 4.69) is 10.6 Å². The second-order valence-corrected chi connectivity index (χ2v) is 3.65. The van der Waals surface area contributed by atoms with Gasteiger partial charge in [0.2, 0.25) is 5.91 Å². The Balaban J connectivity index is 2.13. The van der Waals surface area contributed by atoms with Crippen LogP contribution in [0.4, 0.5) is 11.4 Å². The highest BCUT2D eigenvalue weighted by Crippen LogP contribution is 2.25. The zero-order chi connectivity index (χ0) is 10.8. The van der Waals surface area contributed by atoms with E-state index in [0.29, 0.717) is 13.0 Å². The van der Waals surface area contributed by atoms with Crippen LogP contribution in [0.2, 0.25) is 0 Å². The number of amides is 1. The van der Waals surface area contributed by atoms with E-state index < -0.39 is 0 Å². The standard InChI is InChI=1S/C11H12N2O2/c1-7(14)6-12-9-2-3-10-8(4-9)5-11(15)13-10/h2-4,12H,5-6H2,1H3,(H,13,15). The van der Waals surface area contributed by atoms with Gasteiger partial charge in [0.1, 0.15) is 5.78 Å². The summed E-state index contributed by atoms with van der Waals surface area (Å²) in [5.74, 6) is 0.110. The van der Waals surface area contributed by atoms with E-state index >= 15 is 0 Å². The Kier molecular flexibility index (Phi) is 2.41. The van der Waals surface area contributed by atoms with E-state index in [-0.39, 0.29) is 11.7 Å². The number of fused-ring (bicyclic) bond motifs is 1. The van der Waals surface area contributed by atoms with Gasteiger partial charge >= 0.3 is 0 Å². The van der Waals surface area contributed by atoms with E-state index in [9.17, 15) is 9.59 Å². The Labute approximate surface area is 87.7 Å². The first kappa shape index (κ1) is 9.71. The number of anilines is 2. The van der Waals surface area contributed by atoms with Gasteiger partial charge in [-0.1, -0.05) is 0 Å². The predicted molar refractivity (Wildman–Crippen MR) is 57.9 cm³/mol. The Bertz CT molecular complexity index is 427. The van der Waals surface area contributed by atoms with Crippen LogP contribution < -0.4 is 10.6 Å². The molecule has 0 aliphatic carbocycles. The van der Waals surface area contributed by atoms with Crippen molar-refractivity contribution in [3.63, 3.8) is 0 Å². The summed E-state index contributed by atoms with van der Waals surface area (Å²) >= 11 is 0. The normalized spacial score (nSPS) is 13.3. The molecule has 1 aromatic rings. The molecule has 0 atom stereocenters. The van der Waals surface area contributed by atoms with Crippen molar-refractivity contribution in [3.05, 3.63) is 23.8 Å². The fraction of sp³-hybridized carbons (Fsp3) is 0.273. The van der Waals surface area contributed by atoms with Gasteiger partial charge < -0.3 is 10.6 Å². The van der Waals surface area contributed by atoms with Gasteiger partial charge in [-0.3, -0.25) is 9.59 Å². The first-order valence-corrected chi connectivity index (χ1v) is 4.81. The summed E-state index contributed by atoms with van der Waals surface area (Å²) in [6.45, 7) is 1.85. The van der Waals surface area contributed by atoms with Crippen molar-refractivity contribution in [2.45, 2.75) is 13.3 Å². The molecular formula is C11H12N2O2. The zero-order valence-corrected chi connectivity index (χ0v) is 8.46. The predicted octanol–water partition coefficient (Wildman–Crippen LogP) is 1.18. The molecule has 0 bridgehead atoms. The van der Waals surface area contributed by atoms with Crippen LogP contribution in [0, 0.1) is 0 Å². The minimum absolute atomic E-state index is 0.0220. The van der Waals surface area contributed by atoms with Crippen LogP contribution >= 0.6 is 0 Å². The van der Waals surface area contributed by atoms with Gasteiger partial charge in [-0.15, -0.1) is 0 Å². The van der Waals surface area contributed by atoms with Crippen LogP contribution in [0.1, 0.15) is 12.5 Å². The second kappa shape index (κ2) is 3.73. The summed E-state index contributed by atoms with van der Waals surface area (Å²) in [6.07, 6.45) is 0.422. The second-order valence-electron chi connectivity index (χ2n) is 3.65. The molecule has 4 nitrogen and oxygen atoms in total. The molecule has 1 aliphatic rings. The Morgan fingerprint density at radius 1 is 1.53 bits per heavy atom. The quantitative estimate of drug-likeness (QED) is 0.777. The van der Waals surface area contributed by atoms with Crippen molar-refractivity contribution < 1.29 is 9.59 Å². The maximum Gasteiger partial charge on any atom is 0.228 e. The molecule has 15 heavy (non-hydrogen) atoms. The number of Topliss-reactive ketones (excluding diaryl/α,β-unsaturated/α-hetero) is 1. The molecule has 0 radical (unpaired) electrons. The number of hydrogen-bond donors (Lipinski definition) is 2. The Morgan fingerprint density at radius 3 is 3.07 bits per heavy atom. The van der Waals surface area contributed by atoms with E-state index in [1.54, 1.807) is 0 Å². The number of carbonyl (C=O) groups excluding carboxylic acids is 2. The molecule has 78 valence electrons. The fourth-order valence-corrected chi connectivity index (χ4v) is 1.57. The van der Waals surface area contributed by atoms with Crippen LogP contribution in [0.15, 0.2) is 18.2 Å². The third-order valence-corrected chi connectivity index (χ3v) is 2.27. The summed E-state index contributed by atoms with van der Waals surface area (Å²) in [5, 5.41) is 5.76. The maximum absolute atomic E-state index is 11.1. The van der Waals surface area contributed by atoms with Gasteiger partial charge in [-0.25, -0.2) is 0 Å². The molecule has 0 aromatic heterocycles. The first-order chi connectivity index (χ1) is 7.15. The molecule has 1 aliphatic heterocycles. The zero-order valence-electron chi connectivity index (χ0n) is 8.46. The molecule has 1 amide bonds. The topological polar surface area (TPSA) is 58.2 Å². The summed E-state index contributed by atoms with van der Waals surface area (Å²) < 4.78 is 0. The van der Waals surface area contributed by atoms with Gasteiger partial charge in [0, 0.05) is 11.4 Å². The largest absolute Gasteiger partial charge is 0.378 e. The van der Waals surface area contributed by atoms with E-state index in [4.69, 9.17) is 0 Å². The SMILES string of the molecule is CC(=O)CNc1ccc2c(c1)CC(=O)N2. The van der Waals surface area contributed by atoms with Crippen molar-refractivity contribution in [3.8, 4) is 0 Å². The minimum atomic E-state index is 0.0220. The summed E-state index contributed by atoms with van der Waals surface area (Å²) in [4.78, 5) is 21.9. The molecule has 0 spiro atoms. The average Bonchev–Trinajstić information content (AvgIpc) is 2.53. The lowest BCUT2D eigenvalue weighted by atomic mass is 10.1. The van der Waals surface area contributed by atoms with Crippen LogP contribution in [0.5, 0.6) is 0 Å². The fourth-order valence-electron chi connectivity index (χ4n) is 1.57. The lowest BCUT2D eigenvalue weighted by molar-refractivity contribution is -0.116. The Hall–Kier alpha value is -1.84. The number of rotatable bonds is 3. The minimum Gasteiger partial charge on any atom is -0.378 e. The molecule has 4 heteroatoms. The first-order valence-electron chi connectivity index (χ1n) is 4.81. The van der Waals surface area contributed by atoms with E-state index in [1.807, 2.05) is 18.2 Å². The molecule has 1 heterocycles. The molecule has 0 fully saturated rings. The van der Waals surface area contributed by atoms with Crippen molar-refractivity contribution in [1.82, 2.24) is 0 Å². The van der Waals surface area contributed by atoms with Crippen LogP contribution in [-0.2, 0) is 16.0 Å². The maximum atomic E-state index is 11.1. The van der Waals surface area contributed by atoms with E-state index in [1.165, 1.54) is 6.92 Å². The van der Waals surface area contributed by atoms with E-state index in [0.717, 1.165) is 16.9 Å².